The predicted octanol–water partition coefficient (Wildman–Crippen LogP) is 5.58. The summed E-state index contributed by atoms with van der Waals surface area (Å²) in [5.74, 6) is 0.947. The summed E-state index contributed by atoms with van der Waals surface area (Å²) < 4.78 is 4.50. The molecule has 6 aromatic rings. The number of imidazole rings is 2. The van der Waals surface area contributed by atoms with E-state index in [1.165, 1.54) is 16.3 Å². The quantitative estimate of drug-likeness (QED) is 0.385. The maximum absolute atomic E-state index is 5.00. The molecule has 3 nitrogen and oxygen atoms in total. The van der Waals surface area contributed by atoms with E-state index in [1.807, 2.05) is 6.07 Å². The third-order valence-corrected chi connectivity index (χ3v) is 5.08. The summed E-state index contributed by atoms with van der Waals surface area (Å²) in [6.45, 7) is 0. The zero-order valence-corrected chi connectivity index (χ0v) is 14.0. The summed E-state index contributed by atoms with van der Waals surface area (Å²) in [7, 11) is 0. The molecule has 0 fully saturated rings. The van der Waals surface area contributed by atoms with Gasteiger partial charge in [-0.25, -0.2) is 4.98 Å². The maximum atomic E-state index is 5.00. The van der Waals surface area contributed by atoms with Crippen LogP contribution in [0.4, 0.5) is 0 Å². The predicted molar refractivity (Wildman–Crippen MR) is 107 cm³/mol. The number of hydrogen-bond donors (Lipinski definition) is 0. The molecule has 0 saturated heterocycles. The molecule has 0 spiro atoms. The van der Waals surface area contributed by atoms with Crippen molar-refractivity contribution in [3.8, 4) is 5.69 Å². The van der Waals surface area contributed by atoms with Crippen LogP contribution in [-0.4, -0.2) is 14.0 Å². The molecular weight excluding hydrogens is 318 g/mol. The largest absolute Gasteiger partial charge is 0.278 e. The van der Waals surface area contributed by atoms with E-state index in [0.29, 0.717) is 0 Å². The monoisotopic (exact) mass is 333 g/mol. The summed E-state index contributed by atoms with van der Waals surface area (Å²) in [6, 6.07) is 31.8. The van der Waals surface area contributed by atoms with Crippen LogP contribution in [0.3, 0.4) is 0 Å². The van der Waals surface area contributed by atoms with E-state index in [-0.39, 0.29) is 0 Å². The van der Waals surface area contributed by atoms with Crippen molar-refractivity contribution in [1.29, 1.82) is 0 Å². The molecule has 3 heteroatoms. The van der Waals surface area contributed by atoms with Crippen molar-refractivity contribution in [2.75, 3.05) is 0 Å². The highest BCUT2D eigenvalue weighted by molar-refractivity contribution is 5.99. The molecule has 0 aliphatic rings. The Morgan fingerprint density at radius 3 is 2.04 bits per heavy atom. The number of fused-ring (bicyclic) bond motifs is 6. The average Bonchev–Trinajstić information content (AvgIpc) is 3.20. The first kappa shape index (κ1) is 13.7. The second-order valence-electron chi connectivity index (χ2n) is 6.59. The smallest absolute Gasteiger partial charge is 0.220 e. The summed E-state index contributed by atoms with van der Waals surface area (Å²) in [6.07, 6.45) is 0. The molecule has 6 rings (SSSR count). The summed E-state index contributed by atoms with van der Waals surface area (Å²) >= 11 is 0. The minimum absolute atomic E-state index is 0.947. The Hall–Kier alpha value is -3.59. The third kappa shape index (κ3) is 1.74. The number of benzene rings is 4. The van der Waals surface area contributed by atoms with Crippen LogP contribution in [0.15, 0.2) is 91.0 Å². The SMILES string of the molecule is c1ccc(-n2c3ccccc3n3c4cc5ccccc5cc4nc23)cc1. The van der Waals surface area contributed by atoms with Crippen LogP contribution in [0.2, 0.25) is 0 Å². The molecule has 0 radical (unpaired) electrons. The highest BCUT2D eigenvalue weighted by atomic mass is 15.2. The lowest BCUT2D eigenvalue weighted by Gasteiger charge is -2.04. The molecule has 0 unspecified atom stereocenters. The van der Waals surface area contributed by atoms with E-state index < -0.39 is 0 Å². The molecule has 2 aromatic heterocycles. The number of hydrogen-bond acceptors (Lipinski definition) is 1. The van der Waals surface area contributed by atoms with Crippen LogP contribution in [0.5, 0.6) is 0 Å². The van der Waals surface area contributed by atoms with Gasteiger partial charge in [-0.3, -0.25) is 8.97 Å². The molecule has 4 aromatic carbocycles. The van der Waals surface area contributed by atoms with Gasteiger partial charge in [-0.05, 0) is 47.2 Å². The Morgan fingerprint density at radius 1 is 0.577 bits per heavy atom. The summed E-state index contributed by atoms with van der Waals surface area (Å²) in [5.41, 5.74) is 5.62. The summed E-state index contributed by atoms with van der Waals surface area (Å²) in [5, 5.41) is 2.45. The van der Waals surface area contributed by atoms with Gasteiger partial charge in [0, 0.05) is 5.69 Å². The standard InChI is InChI=1S/C23H15N3/c1-2-10-18(11-3-1)25-20-12-6-7-13-21(20)26-22-15-17-9-5-4-8-16(17)14-19(22)24-23(25)26/h1-15H. The number of para-hydroxylation sites is 3. The van der Waals surface area contributed by atoms with Crippen LogP contribution in [0.25, 0.3) is 44.3 Å². The fourth-order valence-electron chi connectivity index (χ4n) is 3.92. The number of rotatable bonds is 1. The van der Waals surface area contributed by atoms with Crippen LogP contribution >= 0.6 is 0 Å². The second kappa shape index (κ2) is 4.96. The Morgan fingerprint density at radius 2 is 1.23 bits per heavy atom. The van der Waals surface area contributed by atoms with E-state index in [0.717, 1.165) is 28.0 Å². The van der Waals surface area contributed by atoms with Crippen molar-refractivity contribution in [2.24, 2.45) is 0 Å². The van der Waals surface area contributed by atoms with Crippen molar-refractivity contribution in [3.63, 3.8) is 0 Å². The average molecular weight is 333 g/mol. The van der Waals surface area contributed by atoms with Gasteiger partial charge in [0.25, 0.3) is 0 Å². The first-order valence-corrected chi connectivity index (χ1v) is 8.76. The molecule has 2 heterocycles. The van der Waals surface area contributed by atoms with Crippen molar-refractivity contribution in [2.45, 2.75) is 0 Å². The topological polar surface area (TPSA) is 22.2 Å². The minimum Gasteiger partial charge on any atom is -0.278 e. The lowest BCUT2D eigenvalue weighted by atomic mass is 10.1. The fourth-order valence-corrected chi connectivity index (χ4v) is 3.92. The van der Waals surface area contributed by atoms with E-state index >= 15 is 0 Å². The zero-order valence-electron chi connectivity index (χ0n) is 14.0. The minimum atomic E-state index is 0.947. The number of nitrogens with zero attached hydrogens (tertiary/aromatic N) is 3. The van der Waals surface area contributed by atoms with Gasteiger partial charge in [0.15, 0.2) is 0 Å². The van der Waals surface area contributed by atoms with Crippen LogP contribution in [0.1, 0.15) is 0 Å². The van der Waals surface area contributed by atoms with Crippen LogP contribution in [-0.2, 0) is 0 Å². The van der Waals surface area contributed by atoms with Gasteiger partial charge >= 0.3 is 0 Å². The Balaban J connectivity index is 1.86. The molecule has 0 amide bonds. The van der Waals surface area contributed by atoms with E-state index in [4.69, 9.17) is 4.98 Å². The van der Waals surface area contributed by atoms with Crippen molar-refractivity contribution < 1.29 is 0 Å². The lowest BCUT2D eigenvalue weighted by molar-refractivity contribution is 1.11. The maximum Gasteiger partial charge on any atom is 0.220 e. The molecule has 0 bridgehead atoms. The van der Waals surface area contributed by atoms with Gasteiger partial charge in [-0.2, -0.15) is 0 Å². The van der Waals surface area contributed by atoms with E-state index in [9.17, 15) is 0 Å². The third-order valence-electron chi connectivity index (χ3n) is 5.08. The van der Waals surface area contributed by atoms with Crippen molar-refractivity contribution in [1.82, 2.24) is 14.0 Å². The van der Waals surface area contributed by atoms with E-state index in [2.05, 4.69) is 93.9 Å². The van der Waals surface area contributed by atoms with Gasteiger partial charge in [0.2, 0.25) is 5.78 Å². The van der Waals surface area contributed by atoms with Crippen molar-refractivity contribution >= 4 is 38.6 Å². The molecule has 122 valence electrons. The molecule has 0 aliphatic carbocycles. The Kier molecular flexibility index (Phi) is 2.61. The van der Waals surface area contributed by atoms with E-state index in [1.54, 1.807) is 0 Å². The van der Waals surface area contributed by atoms with Crippen molar-refractivity contribution in [3.05, 3.63) is 91.0 Å². The summed E-state index contributed by atoms with van der Waals surface area (Å²) in [4.78, 5) is 5.00. The lowest BCUT2D eigenvalue weighted by Crippen LogP contribution is -1.94. The first-order valence-electron chi connectivity index (χ1n) is 8.76. The Labute approximate surface area is 149 Å². The molecular formula is C23H15N3. The zero-order chi connectivity index (χ0) is 17.1. The van der Waals surface area contributed by atoms with Crippen LogP contribution < -0.4 is 0 Å². The Bertz CT molecular complexity index is 1420. The molecule has 0 atom stereocenters. The second-order valence-corrected chi connectivity index (χ2v) is 6.59. The molecule has 26 heavy (non-hydrogen) atoms. The van der Waals surface area contributed by atoms with Gasteiger partial charge in [-0.1, -0.05) is 54.6 Å². The normalized spacial score (nSPS) is 11.8. The molecule has 0 saturated carbocycles. The fraction of sp³-hybridized carbons (Fsp3) is 0. The van der Waals surface area contributed by atoms with Gasteiger partial charge in [0.1, 0.15) is 0 Å². The van der Waals surface area contributed by atoms with Gasteiger partial charge in [-0.15, -0.1) is 0 Å². The molecule has 0 aliphatic heterocycles. The molecule has 0 N–H and O–H groups in total. The number of aromatic nitrogens is 3. The first-order chi connectivity index (χ1) is 12.9. The highest BCUT2D eigenvalue weighted by Crippen LogP contribution is 2.31. The van der Waals surface area contributed by atoms with Gasteiger partial charge in [0.05, 0.1) is 22.1 Å². The van der Waals surface area contributed by atoms with Crippen LogP contribution in [0, 0.1) is 0 Å². The highest BCUT2D eigenvalue weighted by Gasteiger charge is 2.16. The van der Waals surface area contributed by atoms with Gasteiger partial charge < -0.3 is 0 Å².